The maximum Gasteiger partial charge on any atom is 0.163 e. The van der Waals surface area contributed by atoms with E-state index in [0.29, 0.717) is 0 Å². The van der Waals surface area contributed by atoms with Crippen LogP contribution in [0.3, 0.4) is 0 Å². The van der Waals surface area contributed by atoms with Crippen molar-refractivity contribution in [1.82, 2.24) is 5.32 Å². The first-order chi connectivity index (χ1) is 8.20. The van der Waals surface area contributed by atoms with Gasteiger partial charge in [0, 0.05) is 17.1 Å². The predicted octanol–water partition coefficient (Wildman–Crippen LogP) is 1.80. The molecule has 1 N–H and O–H groups in total. The molecule has 100 valence electrons. The third-order valence-electron chi connectivity index (χ3n) is 2.92. The van der Waals surface area contributed by atoms with Gasteiger partial charge in [-0.3, -0.25) is 0 Å². The topological polar surface area (TPSA) is 46.2 Å². The van der Waals surface area contributed by atoms with Crippen molar-refractivity contribution in [1.29, 1.82) is 0 Å². The molecule has 18 heavy (non-hydrogen) atoms. The van der Waals surface area contributed by atoms with Gasteiger partial charge >= 0.3 is 0 Å². The molecule has 2 rings (SSSR count). The Morgan fingerprint density at radius 2 is 2.00 bits per heavy atom. The lowest BCUT2D eigenvalue weighted by atomic mass is 10.0. The molecule has 0 radical (unpaired) electrons. The van der Waals surface area contributed by atoms with E-state index in [4.69, 9.17) is 0 Å². The van der Waals surface area contributed by atoms with Gasteiger partial charge in [-0.2, -0.15) is 0 Å². The Kier molecular flexibility index (Phi) is 3.19. The van der Waals surface area contributed by atoms with Crippen LogP contribution in [0.2, 0.25) is 0 Å². The molecule has 1 atom stereocenters. The first-order valence-electron chi connectivity index (χ1n) is 5.62. The zero-order chi connectivity index (χ0) is 13.6. The molecule has 0 spiro atoms. The van der Waals surface area contributed by atoms with Gasteiger partial charge in [-0.1, -0.05) is 12.1 Å². The fourth-order valence-electron chi connectivity index (χ4n) is 2.37. The van der Waals surface area contributed by atoms with Crippen LogP contribution in [0.25, 0.3) is 0 Å². The lowest BCUT2D eigenvalue weighted by molar-refractivity contribution is 0.350. The summed E-state index contributed by atoms with van der Waals surface area (Å²) < 4.78 is 50.4. The van der Waals surface area contributed by atoms with Crippen molar-refractivity contribution in [3.63, 3.8) is 0 Å². The van der Waals surface area contributed by atoms with Crippen molar-refractivity contribution >= 4 is 9.84 Å². The molecule has 3 nitrogen and oxygen atoms in total. The zero-order valence-corrected chi connectivity index (χ0v) is 11.0. The summed E-state index contributed by atoms with van der Waals surface area (Å²) >= 11 is 0. The van der Waals surface area contributed by atoms with Gasteiger partial charge in [-0.25, -0.2) is 17.2 Å². The van der Waals surface area contributed by atoms with E-state index in [2.05, 4.69) is 5.32 Å². The Bertz CT molecular complexity index is 569. The smallest absolute Gasteiger partial charge is 0.163 e. The molecule has 1 aliphatic heterocycles. The maximum absolute atomic E-state index is 13.7. The van der Waals surface area contributed by atoms with Crippen LogP contribution < -0.4 is 5.32 Å². The molecule has 1 aromatic carbocycles. The van der Waals surface area contributed by atoms with Crippen LogP contribution >= 0.6 is 0 Å². The lowest BCUT2D eigenvalue weighted by Gasteiger charge is -2.37. The van der Waals surface area contributed by atoms with Crippen LogP contribution in [0.5, 0.6) is 0 Å². The molecule has 1 unspecified atom stereocenters. The number of sulfone groups is 1. The van der Waals surface area contributed by atoms with Gasteiger partial charge in [0.1, 0.15) is 0 Å². The second-order valence-electron chi connectivity index (χ2n) is 5.28. The lowest BCUT2D eigenvalue weighted by Crippen LogP contribution is -2.54. The normalized spacial score (nSPS) is 25.9. The van der Waals surface area contributed by atoms with Crippen molar-refractivity contribution in [2.24, 2.45) is 0 Å². The van der Waals surface area contributed by atoms with Gasteiger partial charge in [0.2, 0.25) is 0 Å². The standard InChI is InChI=1S/C12H15F2NO2S/c1-12(2)7-18(16,17)6-10(15-12)8-4-3-5-9(13)11(8)14/h3-5,10,15H,6-7H2,1-2H3. The second-order valence-corrected chi connectivity index (χ2v) is 7.39. The van der Waals surface area contributed by atoms with Crippen LogP contribution in [0, 0.1) is 11.6 Å². The molecule has 0 aromatic heterocycles. The summed E-state index contributed by atoms with van der Waals surface area (Å²) in [5.41, 5.74) is -0.591. The molecule has 1 aromatic rings. The average molecular weight is 275 g/mol. The molecule has 1 aliphatic rings. The van der Waals surface area contributed by atoms with E-state index in [1.54, 1.807) is 13.8 Å². The predicted molar refractivity (Wildman–Crippen MR) is 65.0 cm³/mol. The molecular formula is C12H15F2NO2S. The van der Waals surface area contributed by atoms with Crippen molar-refractivity contribution in [2.75, 3.05) is 11.5 Å². The van der Waals surface area contributed by atoms with Crippen LogP contribution in [0.4, 0.5) is 8.78 Å². The van der Waals surface area contributed by atoms with E-state index in [-0.39, 0.29) is 17.1 Å². The molecule has 0 amide bonds. The summed E-state index contributed by atoms with van der Waals surface area (Å²) in [6.45, 7) is 3.46. The minimum absolute atomic E-state index is 0.00651. The quantitative estimate of drug-likeness (QED) is 0.850. The number of hydrogen-bond donors (Lipinski definition) is 1. The van der Waals surface area contributed by atoms with E-state index in [1.807, 2.05) is 0 Å². The summed E-state index contributed by atoms with van der Waals surface area (Å²) in [7, 11) is -3.27. The van der Waals surface area contributed by atoms with Crippen molar-refractivity contribution in [2.45, 2.75) is 25.4 Å². The first kappa shape index (κ1) is 13.4. The van der Waals surface area contributed by atoms with Gasteiger partial charge in [0.15, 0.2) is 21.5 Å². The Hall–Kier alpha value is -1.01. The number of rotatable bonds is 1. The monoisotopic (exact) mass is 275 g/mol. The van der Waals surface area contributed by atoms with Gasteiger partial charge in [0.05, 0.1) is 11.5 Å². The van der Waals surface area contributed by atoms with E-state index in [0.717, 1.165) is 6.07 Å². The molecule has 1 fully saturated rings. The molecule has 6 heteroatoms. The minimum Gasteiger partial charge on any atom is -0.303 e. The van der Waals surface area contributed by atoms with E-state index in [9.17, 15) is 17.2 Å². The Labute approximate surface area is 105 Å². The second kappa shape index (κ2) is 4.28. The van der Waals surface area contributed by atoms with Gasteiger partial charge < -0.3 is 5.32 Å². The molecular weight excluding hydrogens is 260 g/mol. The highest BCUT2D eigenvalue weighted by Crippen LogP contribution is 2.28. The summed E-state index contributed by atoms with van der Waals surface area (Å²) in [6, 6.07) is 3.09. The van der Waals surface area contributed by atoms with E-state index in [1.165, 1.54) is 12.1 Å². The zero-order valence-electron chi connectivity index (χ0n) is 10.2. The Morgan fingerprint density at radius 1 is 1.33 bits per heavy atom. The van der Waals surface area contributed by atoms with Crippen LogP contribution in [0.15, 0.2) is 18.2 Å². The third-order valence-corrected chi connectivity index (χ3v) is 4.93. The number of halogens is 2. The van der Waals surface area contributed by atoms with Crippen LogP contribution in [-0.4, -0.2) is 25.5 Å². The summed E-state index contributed by atoms with van der Waals surface area (Å²) in [5, 5.41) is 3.05. The molecule has 0 saturated carbocycles. The average Bonchev–Trinajstić information content (AvgIpc) is 2.17. The number of benzene rings is 1. The van der Waals surface area contributed by atoms with E-state index < -0.39 is 33.1 Å². The van der Waals surface area contributed by atoms with Crippen molar-refractivity contribution in [3.05, 3.63) is 35.4 Å². The van der Waals surface area contributed by atoms with Gasteiger partial charge in [-0.15, -0.1) is 0 Å². The first-order valence-corrected chi connectivity index (χ1v) is 7.44. The summed E-state index contributed by atoms with van der Waals surface area (Å²) in [5.74, 6) is -2.16. The molecule has 1 heterocycles. The van der Waals surface area contributed by atoms with Gasteiger partial charge in [-0.05, 0) is 19.9 Å². The Balaban J connectivity index is 2.42. The number of nitrogens with one attached hydrogen (secondary N) is 1. The maximum atomic E-state index is 13.7. The summed E-state index contributed by atoms with van der Waals surface area (Å²) in [4.78, 5) is 0. The molecule has 1 saturated heterocycles. The number of hydrogen-bond acceptors (Lipinski definition) is 3. The Morgan fingerprint density at radius 3 is 2.61 bits per heavy atom. The molecule has 0 bridgehead atoms. The van der Waals surface area contributed by atoms with Crippen molar-refractivity contribution < 1.29 is 17.2 Å². The fraction of sp³-hybridized carbons (Fsp3) is 0.500. The highest BCUT2D eigenvalue weighted by molar-refractivity contribution is 7.91. The highest BCUT2D eigenvalue weighted by atomic mass is 32.2. The largest absolute Gasteiger partial charge is 0.303 e. The molecule has 0 aliphatic carbocycles. The minimum atomic E-state index is -3.27. The van der Waals surface area contributed by atoms with Gasteiger partial charge in [0.25, 0.3) is 0 Å². The highest BCUT2D eigenvalue weighted by Gasteiger charge is 2.38. The van der Waals surface area contributed by atoms with Crippen LogP contribution in [0.1, 0.15) is 25.5 Å². The SMILES string of the molecule is CC1(C)CS(=O)(=O)CC(c2cccc(F)c2F)N1. The summed E-state index contributed by atoms with van der Waals surface area (Å²) in [6.07, 6.45) is 0. The van der Waals surface area contributed by atoms with Crippen molar-refractivity contribution in [3.8, 4) is 0 Å². The van der Waals surface area contributed by atoms with E-state index >= 15 is 0 Å². The van der Waals surface area contributed by atoms with Crippen LogP contribution in [-0.2, 0) is 9.84 Å². The third kappa shape index (κ3) is 2.70. The fourth-order valence-corrected chi connectivity index (χ4v) is 4.45.